The van der Waals surface area contributed by atoms with Crippen LogP contribution < -0.4 is 17.2 Å². The molecule has 0 radical (unpaired) electrons. The van der Waals surface area contributed by atoms with Gasteiger partial charge in [0, 0.05) is 6.42 Å². The van der Waals surface area contributed by atoms with Crippen molar-refractivity contribution in [2.45, 2.75) is 78.6 Å². The fourth-order valence-electron chi connectivity index (χ4n) is 2.95. The summed E-state index contributed by atoms with van der Waals surface area (Å²) in [7, 11) is 0. The molecule has 0 heterocycles. The number of halogens is 1. The van der Waals surface area contributed by atoms with Gasteiger partial charge in [-0.1, -0.05) is 32.1 Å². The molecule has 152 valence electrons. The van der Waals surface area contributed by atoms with E-state index < -0.39 is 6.03 Å². The highest BCUT2D eigenvalue weighted by Gasteiger charge is 2.19. The zero-order chi connectivity index (χ0) is 18.8. The van der Waals surface area contributed by atoms with E-state index in [2.05, 4.69) is 32.2 Å². The maximum atomic E-state index is 10.6. The molecule has 0 bridgehead atoms. The Balaban J connectivity index is -0.000000867. The highest BCUT2D eigenvalue weighted by atomic mass is 79.9. The number of amides is 3. The van der Waals surface area contributed by atoms with E-state index in [9.17, 15) is 4.79 Å². The minimum Gasteiger partial charge on any atom is -0.370 e. The number of primary amides is 3. The molecular weight excluding hydrogens is 384 g/mol. The van der Waals surface area contributed by atoms with Gasteiger partial charge in [0.2, 0.25) is 5.91 Å². The molecule has 0 saturated heterocycles. The van der Waals surface area contributed by atoms with Crippen molar-refractivity contribution in [3.63, 3.8) is 0 Å². The molecule has 3 amide bonds. The van der Waals surface area contributed by atoms with Crippen LogP contribution in [0.2, 0.25) is 0 Å². The van der Waals surface area contributed by atoms with Crippen LogP contribution in [0.4, 0.5) is 4.79 Å². The Morgan fingerprint density at radius 2 is 1.00 bits per heavy atom. The second-order valence-electron chi connectivity index (χ2n) is 6.46. The van der Waals surface area contributed by atoms with E-state index in [-0.39, 0.29) is 22.9 Å². The smallest absolute Gasteiger partial charge is 0.309 e. The van der Waals surface area contributed by atoms with Crippen LogP contribution in [0.25, 0.3) is 0 Å². The van der Waals surface area contributed by atoms with E-state index in [1.54, 1.807) is 0 Å². The number of hydrogen-bond acceptors (Lipinski definition) is 2. The van der Waals surface area contributed by atoms with Gasteiger partial charge in [0.25, 0.3) is 0 Å². The number of nitrogens with zero attached hydrogens (tertiary/aromatic N) is 1. The van der Waals surface area contributed by atoms with E-state index in [0.717, 1.165) is 12.8 Å². The third-order valence-electron chi connectivity index (χ3n) is 4.82. The molecule has 0 aliphatic rings. The Bertz CT molecular complexity index is 312. The molecule has 0 aliphatic carbocycles. The van der Waals surface area contributed by atoms with Gasteiger partial charge in [-0.25, -0.2) is 4.79 Å². The first-order chi connectivity index (χ1) is 11.3. The molecule has 0 atom stereocenters. The molecule has 0 rings (SSSR count). The van der Waals surface area contributed by atoms with Crippen LogP contribution in [0.3, 0.4) is 0 Å². The summed E-state index contributed by atoms with van der Waals surface area (Å²) in [5, 5.41) is 0. The lowest BCUT2D eigenvalue weighted by atomic mass is 10.1. The van der Waals surface area contributed by atoms with E-state index in [1.165, 1.54) is 69.2 Å². The third-order valence-corrected chi connectivity index (χ3v) is 4.82. The standard InChI is InChI=1S/C17H36N2O.CH4N2O.BrH/c1-4-19(5-2,6-3)16-14-12-10-8-7-9-11-13-15-17(18)20;2-1(3)4;/h4-16H2,1-3H3,(H-,18,20);(H4,2,3,4);1H/p+1. The Kier molecular flexibility index (Phi) is 22.6. The summed E-state index contributed by atoms with van der Waals surface area (Å²) in [6.07, 6.45) is 10.7. The normalized spacial score (nSPS) is 10.4. The quantitative estimate of drug-likeness (QED) is 0.292. The summed E-state index contributed by atoms with van der Waals surface area (Å²) in [5.74, 6) is -0.158. The summed E-state index contributed by atoms with van der Waals surface area (Å²) < 4.78 is 1.28. The number of carbonyl (C=O) groups excluding carboxylic acids is 2. The third kappa shape index (κ3) is 21.1. The lowest BCUT2D eigenvalue weighted by Crippen LogP contribution is -2.48. The molecule has 0 aromatic rings. The SMILES string of the molecule is Br.CC[N+](CC)(CC)CCCCCCCCCCC(N)=O.NC(N)=O. The second-order valence-corrected chi connectivity index (χ2v) is 6.46. The van der Waals surface area contributed by atoms with Gasteiger partial charge in [-0.2, -0.15) is 0 Å². The maximum Gasteiger partial charge on any atom is 0.309 e. The molecule has 25 heavy (non-hydrogen) atoms. The molecular formula is C18H42BrN4O2+. The van der Waals surface area contributed by atoms with Crippen molar-refractivity contribution in [1.82, 2.24) is 0 Å². The van der Waals surface area contributed by atoms with Crippen LogP contribution in [0.1, 0.15) is 78.6 Å². The number of quaternary nitrogens is 1. The van der Waals surface area contributed by atoms with Gasteiger partial charge >= 0.3 is 6.03 Å². The van der Waals surface area contributed by atoms with Gasteiger partial charge in [0.1, 0.15) is 0 Å². The summed E-state index contributed by atoms with van der Waals surface area (Å²) in [6.45, 7) is 12.1. The van der Waals surface area contributed by atoms with Gasteiger partial charge in [-0.3, -0.25) is 4.79 Å². The summed E-state index contributed by atoms with van der Waals surface area (Å²) in [5.41, 5.74) is 13.6. The fourth-order valence-corrected chi connectivity index (χ4v) is 2.95. The van der Waals surface area contributed by atoms with Crippen LogP contribution in [-0.4, -0.2) is 42.6 Å². The van der Waals surface area contributed by atoms with Crippen molar-refractivity contribution in [3.05, 3.63) is 0 Å². The van der Waals surface area contributed by atoms with E-state index in [0.29, 0.717) is 6.42 Å². The van der Waals surface area contributed by atoms with Crippen molar-refractivity contribution in [2.75, 3.05) is 26.2 Å². The molecule has 0 aliphatic heterocycles. The highest BCUT2D eigenvalue weighted by Crippen LogP contribution is 2.13. The first kappa shape index (κ1) is 29.0. The van der Waals surface area contributed by atoms with Crippen molar-refractivity contribution in [1.29, 1.82) is 0 Å². The Labute approximate surface area is 165 Å². The first-order valence-electron chi connectivity index (χ1n) is 9.51. The second kappa shape index (κ2) is 19.5. The molecule has 6 nitrogen and oxygen atoms in total. The van der Waals surface area contributed by atoms with E-state index >= 15 is 0 Å². The fraction of sp³-hybridized carbons (Fsp3) is 0.889. The van der Waals surface area contributed by atoms with Crippen molar-refractivity contribution in [2.24, 2.45) is 17.2 Å². The maximum absolute atomic E-state index is 10.6. The van der Waals surface area contributed by atoms with E-state index in [1.807, 2.05) is 0 Å². The van der Waals surface area contributed by atoms with Gasteiger partial charge in [-0.05, 0) is 40.0 Å². The number of unbranched alkanes of at least 4 members (excludes halogenated alkanes) is 7. The summed E-state index contributed by atoms with van der Waals surface area (Å²) in [6, 6.07) is -0.833. The van der Waals surface area contributed by atoms with Gasteiger partial charge in [0.05, 0.1) is 26.2 Å². The van der Waals surface area contributed by atoms with Gasteiger partial charge < -0.3 is 21.7 Å². The van der Waals surface area contributed by atoms with Crippen molar-refractivity contribution < 1.29 is 14.1 Å². The molecule has 0 aromatic heterocycles. The number of rotatable bonds is 14. The highest BCUT2D eigenvalue weighted by molar-refractivity contribution is 8.93. The topological polar surface area (TPSA) is 112 Å². The molecule has 0 fully saturated rings. The summed E-state index contributed by atoms with van der Waals surface area (Å²) in [4.78, 5) is 19.6. The number of urea groups is 1. The average Bonchev–Trinajstić information content (AvgIpc) is 2.53. The molecule has 6 N–H and O–H groups in total. The van der Waals surface area contributed by atoms with Crippen LogP contribution in [-0.2, 0) is 4.79 Å². The van der Waals surface area contributed by atoms with Crippen LogP contribution in [0.15, 0.2) is 0 Å². The zero-order valence-electron chi connectivity index (χ0n) is 16.6. The minimum atomic E-state index is -0.833. The monoisotopic (exact) mass is 425 g/mol. The lowest BCUT2D eigenvalue weighted by Gasteiger charge is -2.35. The minimum absolute atomic E-state index is 0. The van der Waals surface area contributed by atoms with Crippen LogP contribution >= 0.6 is 17.0 Å². The molecule has 7 heteroatoms. The Hall–Kier alpha value is -0.820. The largest absolute Gasteiger partial charge is 0.370 e. The molecule has 0 aromatic carbocycles. The summed E-state index contributed by atoms with van der Waals surface area (Å²) >= 11 is 0. The van der Waals surface area contributed by atoms with Crippen molar-refractivity contribution >= 4 is 28.9 Å². The number of carbonyl (C=O) groups is 2. The predicted octanol–water partition coefficient (Wildman–Crippen LogP) is 3.46. The Morgan fingerprint density at radius 1 is 0.680 bits per heavy atom. The number of hydrogen-bond donors (Lipinski definition) is 3. The molecule has 0 unspecified atom stereocenters. The van der Waals surface area contributed by atoms with Crippen LogP contribution in [0.5, 0.6) is 0 Å². The van der Waals surface area contributed by atoms with Gasteiger partial charge in [0.15, 0.2) is 0 Å². The van der Waals surface area contributed by atoms with Gasteiger partial charge in [-0.15, -0.1) is 17.0 Å². The molecule has 0 spiro atoms. The number of nitrogens with two attached hydrogens (primary N) is 3. The first-order valence-corrected chi connectivity index (χ1v) is 9.51. The lowest BCUT2D eigenvalue weighted by molar-refractivity contribution is -0.923. The zero-order valence-corrected chi connectivity index (χ0v) is 18.3. The molecule has 0 saturated carbocycles. The van der Waals surface area contributed by atoms with Crippen molar-refractivity contribution in [3.8, 4) is 0 Å². The predicted molar refractivity (Wildman–Crippen MR) is 112 cm³/mol. The Morgan fingerprint density at radius 3 is 1.32 bits per heavy atom. The average molecular weight is 426 g/mol. The van der Waals surface area contributed by atoms with E-state index in [4.69, 9.17) is 10.5 Å². The van der Waals surface area contributed by atoms with Crippen LogP contribution in [0, 0.1) is 0 Å².